The van der Waals surface area contributed by atoms with Crippen LogP contribution in [0.4, 0.5) is 17.1 Å². The highest BCUT2D eigenvalue weighted by Gasteiger charge is 2.44. The SMILES string of the molecule is C=Cc1ccc(OCC(C)CCCCC2(c3ccccc3)c3ccccc3-c3ccc(N(c4ccc(-c5ccc(C(C)(C)C)cc5)cc4)c4ccc(-c5ccc6c(c5)c5cc(-c7ccc(C=C)cc7)ccc5n6-c5ccc(-c6ccc(C=C)cc6)cc5)cc4)cc32)cc1. The molecule has 0 radical (unpaired) electrons. The predicted molar refractivity (Wildman–Crippen MR) is 398 cm³/mol. The van der Waals surface area contributed by atoms with Gasteiger partial charge in [-0.25, -0.2) is 0 Å². The standard InChI is InChI=1S/C90H78N2O/c1-8-63-23-29-66(30-24-63)68-37-49-78(50-38-68)92-87-55-41-72(70-31-25-64(9-2)26-32-70)58-83(87)84-59-73(42-56-88(84)92)71-39-47-77(48-40-71)91(76-45-35-69(36-46-76)67-33-43-74(44-34-67)89(5,6)7)79-51-54-82-81-21-14-15-22-85(81)90(86(82)60-79,75-19-12-11-13-20-75)57-17-16-18-62(4)61-93-80-52-27-65(10-3)28-53-80/h8-15,19-56,58-60,62H,1-3,16-18,57,61H2,4-7H3. The van der Waals surface area contributed by atoms with Crippen LogP contribution in [0, 0.1) is 5.92 Å². The number of hydrogen-bond donors (Lipinski definition) is 0. The van der Waals surface area contributed by atoms with E-state index in [1.54, 1.807) is 0 Å². The van der Waals surface area contributed by atoms with E-state index in [9.17, 15) is 0 Å². The van der Waals surface area contributed by atoms with Crippen molar-refractivity contribution in [2.75, 3.05) is 11.5 Å². The maximum Gasteiger partial charge on any atom is 0.119 e. The number of benzene rings is 12. The topological polar surface area (TPSA) is 17.4 Å². The zero-order valence-corrected chi connectivity index (χ0v) is 53.8. The van der Waals surface area contributed by atoms with Gasteiger partial charge in [0.25, 0.3) is 0 Å². The largest absolute Gasteiger partial charge is 0.493 e. The van der Waals surface area contributed by atoms with Gasteiger partial charge in [0, 0.05) is 38.9 Å². The molecule has 0 aliphatic heterocycles. The average Bonchev–Trinajstić information content (AvgIpc) is 1.57. The van der Waals surface area contributed by atoms with Gasteiger partial charge in [-0.2, -0.15) is 0 Å². The summed E-state index contributed by atoms with van der Waals surface area (Å²) in [7, 11) is 0. The van der Waals surface area contributed by atoms with E-state index in [-0.39, 0.29) is 10.8 Å². The quantitative estimate of drug-likeness (QED) is 0.0708. The number of rotatable bonds is 20. The minimum atomic E-state index is -0.366. The molecule has 2 atom stereocenters. The lowest BCUT2D eigenvalue weighted by molar-refractivity contribution is 0.248. The molecular weight excluding hydrogens is 1130 g/mol. The fraction of sp³-hybridized carbons (Fsp3) is 0.133. The maximum atomic E-state index is 6.30. The molecule has 12 aromatic carbocycles. The van der Waals surface area contributed by atoms with Gasteiger partial charge in [-0.3, -0.25) is 0 Å². The van der Waals surface area contributed by atoms with Crippen molar-refractivity contribution in [3.8, 4) is 67.1 Å². The molecule has 1 aliphatic carbocycles. The molecule has 3 nitrogen and oxygen atoms in total. The van der Waals surface area contributed by atoms with Crippen LogP contribution in [0.25, 0.3) is 101 Å². The highest BCUT2D eigenvalue weighted by Crippen LogP contribution is 2.57. The molecule has 93 heavy (non-hydrogen) atoms. The van der Waals surface area contributed by atoms with Gasteiger partial charge in [-0.1, -0.05) is 273 Å². The van der Waals surface area contributed by atoms with Crippen LogP contribution in [-0.2, 0) is 10.8 Å². The summed E-state index contributed by atoms with van der Waals surface area (Å²) >= 11 is 0. The number of aromatic nitrogens is 1. The van der Waals surface area contributed by atoms with Crippen LogP contribution in [-0.4, -0.2) is 11.2 Å². The maximum absolute atomic E-state index is 6.30. The van der Waals surface area contributed by atoms with Crippen molar-refractivity contribution in [1.29, 1.82) is 0 Å². The Bertz CT molecular complexity index is 4830. The Hall–Kier alpha value is -10.7. The summed E-state index contributed by atoms with van der Waals surface area (Å²) in [4.78, 5) is 2.46. The Morgan fingerprint density at radius 2 is 0.871 bits per heavy atom. The van der Waals surface area contributed by atoms with Gasteiger partial charge in [0.15, 0.2) is 0 Å². The smallest absolute Gasteiger partial charge is 0.119 e. The number of ether oxygens (including phenoxy) is 1. The molecule has 454 valence electrons. The molecule has 1 aromatic heterocycles. The van der Waals surface area contributed by atoms with Crippen LogP contribution in [0.5, 0.6) is 5.75 Å². The molecule has 0 saturated carbocycles. The summed E-state index contributed by atoms with van der Waals surface area (Å²) in [6.07, 6.45) is 9.86. The van der Waals surface area contributed by atoms with Crippen molar-refractivity contribution in [2.24, 2.45) is 5.92 Å². The summed E-state index contributed by atoms with van der Waals surface area (Å²) in [6.45, 7) is 21.7. The lowest BCUT2D eigenvalue weighted by Gasteiger charge is -2.34. The summed E-state index contributed by atoms with van der Waals surface area (Å²) in [5.74, 6) is 1.31. The van der Waals surface area contributed by atoms with Crippen molar-refractivity contribution >= 4 is 57.1 Å². The van der Waals surface area contributed by atoms with E-state index in [0.717, 1.165) is 93.0 Å². The monoisotopic (exact) mass is 1200 g/mol. The average molecular weight is 1200 g/mol. The van der Waals surface area contributed by atoms with Gasteiger partial charge in [0.05, 0.1) is 17.6 Å². The first-order chi connectivity index (χ1) is 45.5. The Morgan fingerprint density at radius 3 is 1.40 bits per heavy atom. The van der Waals surface area contributed by atoms with Crippen molar-refractivity contribution in [3.05, 3.63) is 338 Å². The minimum absolute atomic E-state index is 0.0753. The Morgan fingerprint density at radius 1 is 0.430 bits per heavy atom. The number of nitrogens with zero attached hydrogens (tertiary/aromatic N) is 2. The summed E-state index contributed by atoms with van der Waals surface area (Å²) in [5, 5.41) is 2.40. The molecular formula is C90H78N2O. The van der Waals surface area contributed by atoms with Crippen molar-refractivity contribution in [1.82, 2.24) is 4.57 Å². The number of unbranched alkanes of at least 4 members (excludes halogenated alkanes) is 1. The van der Waals surface area contributed by atoms with E-state index in [4.69, 9.17) is 4.74 Å². The molecule has 14 rings (SSSR count). The second kappa shape index (κ2) is 25.5. The lowest BCUT2D eigenvalue weighted by atomic mass is 9.69. The molecule has 0 bridgehead atoms. The zero-order chi connectivity index (χ0) is 63.6. The number of anilines is 3. The first-order valence-corrected chi connectivity index (χ1v) is 32.9. The van der Waals surface area contributed by atoms with Gasteiger partial charge in [0.2, 0.25) is 0 Å². The van der Waals surface area contributed by atoms with Crippen LogP contribution in [0.15, 0.2) is 299 Å². The van der Waals surface area contributed by atoms with Crippen LogP contribution < -0.4 is 9.64 Å². The summed E-state index contributed by atoms with van der Waals surface area (Å²) in [5.41, 5.74) is 27.1. The second-order valence-corrected chi connectivity index (χ2v) is 26.2. The fourth-order valence-electron chi connectivity index (χ4n) is 14.1. The van der Waals surface area contributed by atoms with E-state index in [0.29, 0.717) is 12.5 Å². The van der Waals surface area contributed by atoms with Gasteiger partial charge < -0.3 is 14.2 Å². The normalized spacial score (nSPS) is 13.7. The van der Waals surface area contributed by atoms with Gasteiger partial charge >= 0.3 is 0 Å². The predicted octanol–water partition coefficient (Wildman–Crippen LogP) is 24.7. The molecule has 13 aromatic rings. The molecule has 3 heteroatoms. The Kier molecular flexibility index (Phi) is 16.4. The van der Waals surface area contributed by atoms with E-state index in [1.807, 2.05) is 30.4 Å². The second-order valence-electron chi connectivity index (χ2n) is 26.2. The third-order valence-electron chi connectivity index (χ3n) is 19.3. The molecule has 0 fully saturated rings. The first kappa shape index (κ1) is 59.9. The van der Waals surface area contributed by atoms with Crippen molar-refractivity contribution in [2.45, 2.75) is 64.2 Å². The van der Waals surface area contributed by atoms with E-state index < -0.39 is 0 Å². The molecule has 0 spiro atoms. The molecule has 0 N–H and O–H groups in total. The fourth-order valence-corrected chi connectivity index (χ4v) is 14.1. The van der Waals surface area contributed by atoms with Crippen LogP contribution in [0.1, 0.15) is 92.3 Å². The highest BCUT2D eigenvalue weighted by atomic mass is 16.5. The number of hydrogen-bond acceptors (Lipinski definition) is 2. The molecule has 0 saturated heterocycles. The molecule has 0 amide bonds. The Labute approximate surface area is 549 Å². The van der Waals surface area contributed by atoms with Crippen LogP contribution in [0.3, 0.4) is 0 Å². The third kappa shape index (κ3) is 11.8. The number of fused-ring (bicyclic) bond motifs is 6. The van der Waals surface area contributed by atoms with Crippen molar-refractivity contribution < 1.29 is 4.74 Å². The van der Waals surface area contributed by atoms with Crippen molar-refractivity contribution in [3.63, 3.8) is 0 Å². The van der Waals surface area contributed by atoms with E-state index >= 15 is 0 Å². The third-order valence-corrected chi connectivity index (χ3v) is 19.3. The summed E-state index contributed by atoms with van der Waals surface area (Å²) < 4.78 is 8.72. The molecule has 2 unspecified atom stereocenters. The summed E-state index contributed by atoms with van der Waals surface area (Å²) in [6, 6.07) is 104. The first-order valence-electron chi connectivity index (χ1n) is 32.9. The Balaban J connectivity index is 0.842. The van der Waals surface area contributed by atoms with Gasteiger partial charge in [-0.05, 0) is 204 Å². The van der Waals surface area contributed by atoms with Crippen LogP contribution >= 0.6 is 0 Å². The molecule has 1 heterocycles. The van der Waals surface area contributed by atoms with Gasteiger partial charge in [-0.15, -0.1) is 0 Å². The molecule has 1 aliphatic rings. The van der Waals surface area contributed by atoms with E-state index in [2.05, 4.69) is 324 Å². The van der Waals surface area contributed by atoms with Crippen LogP contribution in [0.2, 0.25) is 0 Å². The minimum Gasteiger partial charge on any atom is -0.493 e. The highest BCUT2D eigenvalue weighted by molar-refractivity contribution is 6.12. The van der Waals surface area contributed by atoms with E-state index in [1.165, 1.54) is 77.5 Å². The lowest BCUT2D eigenvalue weighted by Crippen LogP contribution is -2.27. The van der Waals surface area contributed by atoms with Gasteiger partial charge in [0.1, 0.15) is 5.75 Å². The zero-order valence-electron chi connectivity index (χ0n) is 53.8.